The van der Waals surface area contributed by atoms with Crippen molar-refractivity contribution in [3.05, 3.63) is 39.7 Å². The van der Waals surface area contributed by atoms with Crippen LogP contribution in [-0.2, 0) is 6.54 Å². The van der Waals surface area contributed by atoms with Crippen molar-refractivity contribution in [1.29, 1.82) is 0 Å². The highest BCUT2D eigenvalue weighted by Crippen LogP contribution is 2.38. The number of benzene rings is 1. The Morgan fingerprint density at radius 3 is 2.42 bits per heavy atom. The standard InChI is InChI=1S/C15H10Cl3F3N4O/c16-8-6-22-14(23-7-8)26-10-3-2-9(17)11-12(10)25(24-13(11)18)5-1-4-15(19,20)21/h2-3,6-7H,1,4-5H2. The third-order valence-electron chi connectivity index (χ3n) is 3.39. The molecule has 0 radical (unpaired) electrons. The van der Waals surface area contributed by atoms with E-state index in [1.165, 1.54) is 17.1 Å². The second-order valence-electron chi connectivity index (χ2n) is 5.29. The summed E-state index contributed by atoms with van der Waals surface area (Å²) in [7, 11) is 0. The lowest BCUT2D eigenvalue weighted by Crippen LogP contribution is -2.10. The van der Waals surface area contributed by atoms with Crippen LogP contribution >= 0.6 is 34.8 Å². The van der Waals surface area contributed by atoms with E-state index in [9.17, 15) is 13.2 Å². The molecule has 2 heterocycles. The number of aryl methyl sites for hydroxylation is 1. The van der Waals surface area contributed by atoms with Crippen molar-refractivity contribution in [1.82, 2.24) is 19.7 Å². The van der Waals surface area contributed by atoms with Crippen LogP contribution in [0.4, 0.5) is 13.2 Å². The van der Waals surface area contributed by atoms with Gasteiger partial charge in [0.1, 0.15) is 5.52 Å². The Morgan fingerprint density at radius 2 is 1.77 bits per heavy atom. The van der Waals surface area contributed by atoms with Crippen LogP contribution in [-0.4, -0.2) is 25.9 Å². The first-order valence-electron chi connectivity index (χ1n) is 7.31. The lowest BCUT2D eigenvalue weighted by Gasteiger charge is -2.10. The largest absolute Gasteiger partial charge is 0.422 e. The van der Waals surface area contributed by atoms with Crippen molar-refractivity contribution < 1.29 is 17.9 Å². The third-order valence-corrected chi connectivity index (χ3v) is 4.17. The summed E-state index contributed by atoms with van der Waals surface area (Å²) in [6.45, 7) is -0.0130. The number of ether oxygens (including phenoxy) is 1. The van der Waals surface area contributed by atoms with Gasteiger partial charge < -0.3 is 4.74 Å². The maximum absolute atomic E-state index is 12.4. The summed E-state index contributed by atoms with van der Waals surface area (Å²) in [5, 5.41) is 5.16. The zero-order valence-corrected chi connectivity index (χ0v) is 15.2. The summed E-state index contributed by atoms with van der Waals surface area (Å²) in [6, 6.07) is 3.10. The van der Waals surface area contributed by atoms with Gasteiger partial charge in [0.25, 0.3) is 0 Å². The highest BCUT2D eigenvalue weighted by molar-refractivity contribution is 6.41. The summed E-state index contributed by atoms with van der Waals surface area (Å²) >= 11 is 18.0. The first-order valence-corrected chi connectivity index (χ1v) is 8.44. The minimum atomic E-state index is -4.25. The van der Waals surface area contributed by atoms with Crippen molar-refractivity contribution in [3.8, 4) is 11.8 Å². The highest BCUT2D eigenvalue weighted by Gasteiger charge is 2.27. The van der Waals surface area contributed by atoms with Gasteiger partial charge in [-0.1, -0.05) is 34.8 Å². The summed E-state index contributed by atoms with van der Waals surface area (Å²) < 4.78 is 44.2. The molecule has 0 aliphatic carbocycles. The minimum Gasteiger partial charge on any atom is -0.422 e. The zero-order chi connectivity index (χ0) is 18.9. The Labute approximate surface area is 160 Å². The predicted octanol–water partition coefficient (Wildman–Crippen LogP) is 5.92. The summed E-state index contributed by atoms with van der Waals surface area (Å²) in [5.74, 6) is 0.262. The van der Waals surface area contributed by atoms with E-state index >= 15 is 0 Å². The van der Waals surface area contributed by atoms with E-state index in [4.69, 9.17) is 39.5 Å². The van der Waals surface area contributed by atoms with Gasteiger partial charge in [0, 0.05) is 13.0 Å². The number of hydrogen-bond donors (Lipinski definition) is 0. The van der Waals surface area contributed by atoms with E-state index < -0.39 is 12.6 Å². The van der Waals surface area contributed by atoms with Crippen LogP contribution < -0.4 is 4.74 Å². The highest BCUT2D eigenvalue weighted by atomic mass is 35.5. The van der Waals surface area contributed by atoms with Crippen LogP contribution in [0.1, 0.15) is 12.8 Å². The molecule has 26 heavy (non-hydrogen) atoms. The number of nitrogens with zero attached hydrogens (tertiary/aromatic N) is 4. The van der Waals surface area contributed by atoms with E-state index in [0.717, 1.165) is 0 Å². The smallest absolute Gasteiger partial charge is 0.389 e. The summed E-state index contributed by atoms with van der Waals surface area (Å²) in [4.78, 5) is 7.85. The SMILES string of the molecule is FC(F)(F)CCCn1nc(Cl)c2c(Cl)ccc(Oc3ncc(Cl)cn3)c21. The molecule has 0 atom stereocenters. The molecule has 0 aliphatic rings. The average molecular weight is 426 g/mol. The van der Waals surface area contributed by atoms with Gasteiger partial charge >= 0.3 is 12.2 Å². The van der Waals surface area contributed by atoms with Gasteiger partial charge in [0.15, 0.2) is 10.9 Å². The van der Waals surface area contributed by atoms with E-state index in [1.54, 1.807) is 12.1 Å². The lowest BCUT2D eigenvalue weighted by atomic mass is 10.2. The topological polar surface area (TPSA) is 52.8 Å². The monoisotopic (exact) mass is 424 g/mol. The van der Waals surface area contributed by atoms with Gasteiger partial charge in [-0.05, 0) is 18.6 Å². The number of halogens is 6. The molecule has 0 saturated heterocycles. The van der Waals surface area contributed by atoms with Gasteiger partial charge in [-0.15, -0.1) is 0 Å². The Kier molecular flexibility index (Phi) is 5.45. The predicted molar refractivity (Wildman–Crippen MR) is 92.2 cm³/mol. The molecule has 1 aromatic carbocycles. The summed E-state index contributed by atoms with van der Waals surface area (Å²) in [5.41, 5.74) is 0.364. The zero-order valence-electron chi connectivity index (χ0n) is 12.9. The fourth-order valence-electron chi connectivity index (χ4n) is 2.33. The first-order chi connectivity index (χ1) is 12.2. The molecule has 0 aliphatic heterocycles. The van der Waals surface area contributed by atoms with Gasteiger partial charge in [0.2, 0.25) is 0 Å². The van der Waals surface area contributed by atoms with E-state index in [2.05, 4.69) is 15.1 Å². The van der Waals surface area contributed by atoms with Crippen LogP contribution in [0.15, 0.2) is 24.5 Å². The Bertz CT molecular complexity index is 929. The maximum Gasteiger partial charge on any atom is 0.389 e. The van der Waals surface area contributed by atoms with Crippen molar-refractivity contribution in [2.75, 3.05) is 0 Å². The van der Waals surface area contributed by atoms with E-state index in [-0.39, 0.29) is 29.9 Å². The fraction of sp³-hybridized carbons (Fsp3) is 0.267. The second-order valence-corrected chi connectivity index (χ2v) is 6.49. The Hall–Kier alpha value is -1.77. The van der Waals surface area contributed by atoms with Crippen LogP contribution in [0.25, 0.3) is 10.9 Å². The molecule has 0 fully saturated rings. The first kappa shape index (κ1) is 19.0. The normalized spacial score (nSPS) is 11.9. The number of rotatable bonds is 5. The molecule has 2 aromatic heterocycles. The molecular formula is C15H10Cl3F3N4O. The summed E-state index contributed by atoms with van der Waals surface area (Å²) in [6.07, 6.45) is -2.65. The third kappa shape index (κ3) is 4.31. The van der Waals surface area contributed by atoms with Crippen molar-refractivity contribution in [2.45, 2.75) is 25.6 Å². The van der Waals surface area contributed by atoms with E-state index in [0.29, 0.717) is 20.9 Å². The molecule has 0 N–H and O–H groups in total. The Morgan fingerprint density at radius 1 is 1.08 bits per heavy atom. The van der Waals surface area contributed by atoms with Crippen LogP contribution in [0.5, 0.6) is 11.8 Å². The number of hydrogen-bond acceptors (Lipinski definition) is 4. The molecule has 0 unspecified atom stereocenters. The quantitative estimate of drug-likeness (QED) is 0.509. The Balaban J connectivity index is 1.97. The molecule has 0 amide bonds. The molecule has 0 bridgehead atoms. The molecule has 3 aromatic rings. The van der Waals surface area contributed by atoms with Gasteiger partial charge in [-0.3, -0.25) is 4.68 Å². The lowest BCUT2D eigenvalue weighted by molar-refractivity contribution is -0.135. The minimum absolute atomic E-state index is 0.0113. The molecule has 11 heteroatoms. The second kappa shape index (κ2) is 7.46. The fourth-order valence-corrected chi connectivity index (χ4v) is 3.00. The van der Waals surface area contributed by atoms with Gasteiger partial charge in [-0.25, -0.2) is 9.97 Å². The molecular weight excluding hydrogens is 416 g/mol. The van der Waals surface area contributed by atoms with Crippen molar-refractivity contribution in [3.63, 3.8) is 0 Å². The van der Waals surface area contributed by atoms with Gasteiger partial charge in [-0.2, -0.15) is 18.3 Å². The molecule has 0 spiro atoms. The number of aromatic nitrogens is 4. The molecule has 5 nitrogen and oxygen atoms in total. The molecule has 3 rings (SSSR count). The average Bonchev–Trinajstić information content (AvgIpc) is 2.89. The van der Waals surface area contributed by atoms with E-state index in [1.807, 2.05) is 0 Å². The molecule has 138 valence electrons. The van der Waals surface area contributed by atoms with Crippen molar-refractivity contribution in [2.24, 2.45) is 0 Å². The van der Waals surface area contributed by atoms with Crippen LogP contribution in [0.2, 0.25) is 15.2 Å². The molecule has 0 saturated carbocycles. The van der Waals surface area contributed by atoms with Crippen molar-refractivity contribution >= 4 is 45.7 Å². The van der Waals surface area contributed by atoms with Crippen LogP contribution in [0, 0.1) is 0 Å². The number of fused-ring (bicyclic) bond motifs is 1. The van der Waals surface area contributed by atoms with Gasteiger partial charge in [0.05, 0.1) is 27.8 Å². The number of alkyl halides is 3. The van der Waals surface area contributed by atoms with Crippen LogP contribution in [0.3, 0.4) is 0 Å². The maximum atomic E-state index is 12.4.